The Balaban J connectivity index is 1.67. The molecule has 0 N–H and O–H groups in total. The molecular formula is C20H21ClN6O2S2. The Labute approximate surface area is 189 Å². The van der Waals surface area contributed by atoms with E-state index in [1.807, 2.05) is 40.1 Å². The van der Waals surface area contributed by atoms with Crippen molar-refractivity contribution in [3.05, 3.63) is 40.7 Å². The molecule has 0 saturated carbocycles. The maximum absolute atomic E-state index is 12.4. The van der Waals surface area contributed by atoms with Gasteiger partial charge in [-0.3, -0.25) is 0 Å². The number of rotatable bonds is 4. The first-order chi connectivity index (χ1) is 15.0. The van der Waals surface area contributed by atoms with Crippen molar-refractivity contribution in [1.29, 1.82) is 0 Å². The molecule has 11 heteroatoms. The second-order valence-corrected chi connectivity index (χ2v) is 11.0. The predicted octanol–water partition coefficient (Wildman–Crippen LogP) is 3.52. The van der Waals surface area contributed by atoms with Crippen molar-refractivity contribution >= 4 is 55.5 Å². The van der Waals surface area contributed by atoms with Crippen molar-refractivity contribution in [1.82, 2.24) is 23.9 Å². The van der Waals surface area contributed by atoms with Crippen LogP contribution in [-0.2, 0) is 10.0 Å². The van der Waals surface area contributed by atoms with Crippen molar-refractivity contribution in [3.63, 3.8) is 0 Å². The summed E-state index contributed by atoms with van der Waals surface area (Å²) in [6.45, 7) is 3.83. The van der Waals surface area contributed by atoms with Crippen molar-refractivity contribution in [2.75, 3.05) is 36.8 Å². The fourth-order valence-electron chi connectivity index (χ4n) is 3.92. The Morgan fingerprint density at radius 3 is 2.77 bits per heavy atom. The summed E-state index contributed by atoms with van der Waals surface area (Å²) in [6.07, 6.45) is 0.715. The van der Waals surface area contributed by atoms with E-state index in [4.69, 9.17) is 16.6 Å². The van der Waals surface area contributed by atoms with E-state index in [2.05, 4.69) is 15.1 Å². The van der Waals surface area contributed by atoms with E-state index in [1.54, 1.807) is 22.6 Å². The van der Waals surface area contributed by atoms with Gasteiger partial charge >= 0.3 is 0 Å². The van der Waals surface area contributed by atoms with Gasteiger partial charge in [-0.15, -0.1) is 21.5 Å². The Kier molecular flexibility index (Phi) is 5.33. The number of thiophene rings is 1. The Morgan fingerprint density at radius 1 is 1.13 bits per heavy atom. The van der Waals surface area contributed by atoms with Crippen LogP contribution in [0.3, 0.4) is 0 Å². The molecule has 0 radical (unpaired) electrons. The number of halogens is 1. The van der Waals surface area contributed by atoms with Gasteiger partial charge in [0, 0.05) is 36.6 Å². The monoisotopic (exact) mass is 476 g/mol. The third kappa shape index (κ3) is 3.67. The molecule has 1 fully saturated rings. The molecule has 0 spiro atoms. The largest absolute Gasteiger partial charge is 0.340 e. The van der Waals surface area contributed by atoms with Crippen molar-refractivity contribution in [3.8, 4) is 10.7 Å². The number of hydrogen-bond donors (Lipinski definition) is 0. The lowest BCUT2D eigenvalue weighted by Crippen LogP contribution is -2.36. The van der Waals surface area contributed by atoms with Crippen LogP contribution in [0.1, 0.15) is 13.3 Å². The fourth-order valence-corrected chi connectivity index (χ4v) is 5.92. The van der Waals surface area contributed by atoms with Crippen molar-refractivity contribution < 1.29 is 8.42 Å². The first-order valence-electron chi connectivity index (χ1n) is 10.1. The fraction of sp³-hybridized carbons (Fsp3) is 0.350. The number of benzene rings is 1. The molecule has 8 nitrogen and oxygen atoms in total. The smallest absolute Gasteiger partial charge is 0.213 e. The molecule has 3 aromatic heterocycles. The number of aromatic nitrogens is 4. The van der Waals surface area contributed by atoms with E-state index in [9.17, 15) is 8.42 Å². The molecular weight excluding hydrogens is 456 g/mol. The molecule has 0 atom stereocenters. The summed E-state index contributed by atoms with van der Waals surface area (Å²) in [4.78, 5) is 8.06. The summed E-state index contributed by atoms with van der Waals surface area (Å²) < 4.78 is 28.3. The first-order valence-corrected chi connectivity index (χ1v) is 13.0. The topological polar surface area (TPSA) is 83.7 Å². The number of hydrogen-bond acceptors (Lipinski definition) is 7. The Morgan fingerprint density at radius 2 is 2.00 bits per heavy atom. The molecule has 0 aliphatic carbocycles. The maximum atomic E-state index is 12.4. The highest BCUT2D eigenvalue weighted by Gasteiger charge is 2.27. The van der Waals surface area contributed by atoms with Crippen LogP contribution in [-0.4, -0.2) is 64.2 Å². The minimum atomic E-state index is -3.23. The van der Waals surface area contributed by atoms with Crippen LogP contribution >= 0.6 is 22.9 Å². The van der Waals surface area contributed by atoms with E-state index in [1.165, 1.54) is 0 Å². The van der Waals surface area contributed by atoms with Gasteiger partial charge in [-0.05, 0) is 43.0 Å². The SMILES string of the molecule is CCS(=O)(=O)N1CCCN(c2nc3cc(Cl)ccc3c3nnc(-c4cccs4)n23)CC1. The van der Waals surface area contributed by atoms with Crippen LogP contribution in [0, 0.1) is 0 Å². The zero-order valence-electron chi connectivity index (χ0n) is 16.9. The normalized spacial score (nSPS) is 16.3. The summed E-state index contributed by atoms with van der Waals surface area (Å²) in [5, 5.41) is 12.4. The summed E-state index contributed by atoms with van der Waals surface area (Å²) >= 11 is 7.83. The van der Waals surface area contributed by atoms with Crippen LogP contribution in [0.15, 0.2) is 35.7 Å². The number of anilines is 1. The van der Waals surface area contributed by atoms with Crippen LogP contribution in [0.5, 0.6) is 0 Å². The van der Waals surface area contributed by atoms with Gasteiger partial charge in [-0.2, -0.15) is 0 Å². The number of sulfonamides is 1. The predicted molar refractivity (Wildman–Crippen MR) is 124 cm³/mol. The lowest BCUT2D eigenvalue weighted by atomic mass is 10.2. The average Bonchev–Trinajstić information content (AvgIpc) is 3.37. The zero-order chi connectivity index (χ0) is 21.6. The van der Waals surface area contributed by atoms with Gasteiger partial charge in [-0.1, -0.05) is 17.7 Å². The Bertz CT molecular complexity index is 1350. The van der Waals surface area contributed by atoms with E-state index >= 15 is 0 Å². The molecule has 31 heavy (non-hydrogen) atoms. The second kappa shape index (κ2) is 8.01. The van der Waals surface area contributed by atoms with Crippen LogP contribution < -0.4 is 4.90 Å². The second-order valence-electron chi connectivity index (χ2n) is 7.37. The van der Waals surface area contributed by atoms with E-state index < -0.39 is 10.0 Å². The van der Waals surface area contributed by atoms with E-state index in [0.717, 1.165) is 21.6 Å². The van der Waals surface area contributed by atoms with Gasteiger partial charge < -0.3 is 4.90 Å². The summed E-state index contributed by atoms with van der Waals surface area (Å²) in [7, 11) is -3.23. The molecule has 4 aromatic rings. The van der Waals surface area contributed by atoms with Gasteiger partial charge in [0.1, 0.15) is 0 Å². The minimum Gasteiger partial charge on any atom is -0.340 e. The van der Waals surface area contributed by atoms with Gasteiger partial charge in [0.25, 0.3) is 0 Å². The molecule has 1 aromatic carbocycles. The highest BCUT2D eigenvalue weighted by atomic mass is 35.5. The third-order valence-electron chi connectivity index (χ3n) is 5.52. The van der Waals surface area contributed by atoms with Gasteiger partial charge in [-0.25, -0.2) is 22.1 Å². The molecule has 4 heterocycles. The van der Waals surface area contributed by atoms with Crippen LogP contribution in [0.2, 0.25) is 5.02 Å². The lowest BCUT2D eigenvalue weighted by Gasteiger charge is -2.24. The third-order valence-corrected chi connectivity index (χ3v) is 8.50. The molecule has 5 rings (SSSR count). The van der Waals surface area contributed by atoms with Gasteiger partial charge in [0.05, 0.1) is 16.1 Å². The average molecular weight is 477 g/mol. The summed E-state index contributed by atoms with van der Waals surface area (Å²) in [5.74, 6) is 1.54. The standard InChI is InChI=1S/C20H21ClN6O2S2/c1-2-31(28,29)26-9-4-8-25(10-11-26)20-22-16-13-14(21)6-7-15(16)18-23-24-19(27(18)20)17-5-3-12-30-17/h3,5-7,12-13H,2,4,8-11H2,1H3. The Hall–Kier alpha value is -2.27. The van der Waals surface area contributed by atoms with Gasteiger partial charge in [0.15, 0.2) is 11.5 Å². The highest BCUT2D eigenvalue weighted by molar-refractivity contribution is 7.89. The molecule has 0 amide bonds. The molecule has 1 aliphatic heterocycles. The maximum Gasteiger partial charge on any atom is 0.213 e. The summed E-state index contributed by atoms with van der Waals surface area (Å²) in [5.41, 5.74) is 1.45. The zero-order valence-corrected chi connectivity index (χ0v) is 19.3. The molecule has 0 bridgehead atoms. The first kappa shape index (κ1) is 20.6. The van der Waals surface area contributed by atoms with E-state index in [-0.39, 0.29) is 5.75 Å². The van der Waals surface area contributed by atoms with Crippen molar-refractivity contribution in [2.45, 2.75) is 13.3 Å². The molecule has 1 aliphatic rings. The van der Waals surface area contributed by atoms with Crippen LogP contribution in [0.4, 0.5) is 5.95 Å². The van der Waals surface area contributed by atoms with E-state index in [0.29, 0.717) is 49.2 Å². The van der Waals surface area contributed by atoms with Crippen molar-refractivity contribution in [2.24, 2.45) is 0 Å². The number of nitrogens with zero attached hydrogens (tertiary/aromatic N) is 6. The minimum absolute atomic E-state index is 0.109. The van der Waals surface area contributed by atoms with Crippen LogP contribution in [0.25, 0.3) is 27.3 Å². The summed E-state index contributed by atoms with van der Waals surface area (Å²) in [6, 6.07) is 9.55. The number of fused-ring (bicyclic) bond motifs is 3. The molecule has 0 unspecified atom stereocenters. The lowest BCUT2D eigenvalue weighted by molar-refractivity contribution is 0.434. The quantitative estimate of drug-likeness (QED) is 0.448. The molecule has 1 saturated heterocycles. The molecule has 162 valence electrons. The van der Waals surface area contributed by atoms with Gasteiger partial charge in [0.2, 0.25) is 16.0 Å². The highest BCUT2D eigenvalue weighted by Crippen LogP contribution is 2.31.